The molecule has 8 nitrogen and oxygen atoms in total. The molecule has 0 saturated carbocycles. The fourth-order valence-electron chi connectivity index (χ4n) is 5.17. The largest absolute Gasteiger partial charge is 0.488 e. The highest BCUT2D eigenvalue weighted by Gasteiger charge is 2.35. The van der Waals surface area contributed by atoms with Gasteiger partial charge in [0.1, 0.15) is 12.4 Å². The summed E-state index contributed by atoms with van der Waals surface area (Å²) in [6, 6.07) is 31.9. The Morgan fingerprint density at radius 3 is 2.27 bits per heavy atom. The number of benzene rings is 4. The van der Waals surface area contributed by atoms with Gasteiger partial charge in [-0.2, -0.15) is 0 Å². The van der Waals surface area contributed by atoms with Crippen molar-refractivity contribution in [1.82, 2.24) is 4.57 Å². The Hall–Kier alpha value is -5.54. The highest BCUT2D eigenvalue weighted by Crippen LogP contribution is 2.35. The van der Waals surface area contributed by atoms with Crippen molar-refractivity contribution < 1.29 is 24.2 Å². The summed E-state index contributed by atoms with van der Waals surface area (Å²) in [5, 5.41) is 9.17. The minimum Gasteiger partial charge on any atom is -0.488 e. The first-order chi connectivity index (χ1) is 21.9. The van der Waals surface area contributed by atoms with Crippen LogP contribution in [0.4, 0.5) is 0 Å². The van der Waals surface area contributed by atoms with Crippen molar-refractivity contribution >= 4 is 35.0 Å². The van der Waals surface area contributed by atoms with Crippen LogP contribution in [0.2, 0.25) is 0 Å². The van der Waals surface area contributed by atoms with E-state index in [-0.39, 0.29) is 24.3 Å². The zero-order chi connectivity index (χ0) is 31.3. The maximum atomic E-state index is 14.2. The van der Waals surface area contributed by atoms with Crippen molar-refractivity contribution in [3.8, 4) is 5.75 Å². The van der Waals surface area contributed by atoms with Crippen LogP contribution in [0.15, 0.2) is 125 Å². The lowest BCUT2D eigenvalue weighted by Crippen LogP contribution is -2.40. The molecule has 1 aromatic heterocycles. The first-order valence-corrected chi connectivity index (χ1v) is 15.1. The second-order valence-electron chi connectivity index (χ2n) is 10.2. The number of hydrogen-bond acceptors (Lipinski definition) is 7. The second-order valence-corrected chi connectivity index (χ2v) is 11.2. The normalized spacial score (nSPS) is 14.4. The summed E-state index contributed by atoms with van der Waals surface area (Å²) in [5.74, 6) is -0.963. The van der Waals surface area contributed by atoms with Crippen molar-refractivity contribution in [2.24, 2.45) is 4.99 Å². The molecule has 1 atom stereocenters. The third-order valence-electron chi connectivity index (χ3n) is 7.29. The summed E-state index contributed by atoms with van der Waals surface area (Å²) in [6.45, 7) is 2.14. The van der Waals surface area contributed by atoms with Crippen LogP contribution in [0.3, 0.4) is 0 Å². The second kappa shape index (κ2) is 13.0. The summed E-state index contributed by atoms with van der Waals surface area (Å²) in [5.41, 5.74) is 3.67. The van der Waals surface area contributed by atoms with E-state index in [1.54, 1.807) is 29.7 Å². The number of hydrogen-bond donors (Lipinski definition) is 1. The van der Waals surface area contributed by atoms with Crippen LogP contribution in [-0.4, -0.2) is 28.2 Å². The number of fused-ring (bicyclic) bond motifs is 1. The number of carbonyl (C=O) groups is 2. The monoisotopic (exact) mass is 616 g/mol. The fourth-order valence-corrected chi connectivity index (χ4v) is 6.16. The zero-order valence-electron chi connectivity index (χ0n) is 24.3. The minimum atomic E-state index is -0.992. The van der Waals surface area contributed by atoms with Crippen LogP contribution in [0, 0.1) is 0 Å². The van der Waals surface area contributed by atoms with Gasteiger partial charge >= 0.3 is 11.9 Å². The van der Waals surface area contributed by atoms with Gasteiger partial charge in [-0.15, -0.1) is 0 Å². The fraction of sp³-hybridized carbons (Fsp3) is 0.111. The molecule has 0 spiro atoms. The van der Waals surface area contributed by atoms with Gasteiger partial charge in [0, 0.05) is 11.1 Å². The van der Waals surface area contributed by atoms with Crippen LogP contribution in [0.1, 0.15) is 45.6 Å². The molecule has 6 rings (SSSR count). The summed E-state index contributed by atoms with van der Waals surface area (Å²) in [7, 11) is 0. The average molecular weight is 617 g/mol. The quantitative estimate of drug-likeness (QED) is 0.228. The number of nitrogens with zero attached hydrogens (tertiary/aromatic N) is 2. The van der Waals surface area contributed by atoms with E-state index < -0.39 is 18.0 Å². The molecule has 0 bridgehead atoms. The minimum absolute atomic E-state index is 0.177. The SMILES string of the molecule is CCOC(=O)C1=C(c2ccccc2)N=c2s/c(=C\c3ccccc3OCc3ccc(C(=O)O)cc3)c(=O)n2[C@@H]1c1ccccc1. The smallest absolute Gasteiger partial charge is 0.338 e. The molecule has 224 valence electrons. The molecule has 45 heavy (non-hydrogen) atoms. The van der Waals surface area contributed by atoms with Crippen LogP contribution in [-0.2, 0) is 16.1 Å². The molecule has 0 saturated heterocycles. The lowest BCUT2D eigenvalue weighted by atomic mass is 9.93. The predicted octanol–water partition coefficient (Wildman–Crippen LogP) is 5.21. The van der Waals surface area contributed by atoms with Crippen LogP contribution >= 0.6 is 11.3 Å². The Morgan fingerprint density at radius 1 is 0.911 bits per heavy atom. The number of thiazole rings is 1. The Labute approximate surface area is 262 Å². The summed E-state index contributed by atoms with van der Waals surface area (Å²) in [6.07, 6.45) is 1.77. The highest BCUT2D eigenvalue weighted by atomic mass is 32.1. The standard InChI is InChI=1S/C36H28N2O6S/c1-2-43-35(42)30-31(24-11-5-3-6-12-24)37-36-38(32(30)25-13-7-4-8-14-25)33(39)29(45-36)21-27-15-9-10-16-28(27)44-22-23-17-19-26(20-18-23)34(40)41/h3-21,32H,2,22H2,1H3,(H,40,41)/b29-21-/t32-/m1/s1. The van der Waals surface area contributed by atoms with E-state index in [0.717, 1.165) is 16.7 Å². The topological polar surface area (TPSA) is 107 Å². The third kappa shape index (κ3) is 6.11. The molecular formula is C36H28N2O6S. The number of ether oxygens (including phenoxy) is 2. The highest BCUT2D eigenvalue weighted by molar-refractivity contribution is 7.07. The number of aromatic carboxylic acids is 1. The van der Waals surface area contributed by atoms with Gasteiger partial charge in [0.2, 0.25) is 0 Å². The van der Waals surface area contributed by atoms with E-state index in [4.69, 9.17) is 19.6 Å². The molecule has 1 N–H and O–H groups in total. The van der Waals surface area contributed by atoms with E-state index in [0.29, 0.717) is 31.9 Å². The van der Waals surface area contributed by atoms with Crippen molar-refractivity contribution in [2.45, 2.75) is 19.6 Å². The first-order valence-electron chi connectivity index (χ1n) is 14.3. The van der Waals surface area contributed by atoms with E-state index in [9.17, 15) is 14.4 Å². The van der Waals surface area contributed by atoms with Crippen molar-refractivity contribution in [1.29, 1.82) is 0 Å². The van der Waals surface area contributed by atoms with Gasteiger partial charge in [0.25, 0.3) is 5.56 Å². The van der Waals surface area contributed by atoms with Crippen LogP contribution in [0.25, 0.3) is 11.8 Å². The average Bonchev–Trinajstić information content (AvgIpc) is 3.38. The number of aromatic nitrogens is 1. The zero-order valence-corrected chi connectivity index (χ0v) is 25.1. The van der Waals surface area contributed by atoms with Crippen molar-refractivity contribution in [3.05, 3.63) is 162 Å². The third-order valence-corrected chi connectivity index (χ3v) is 8.27. The van der Waals surface area contributed by atoms with E-state index in [2.05, 4.69) is 0 Å². The summed E-state index contributed by atoms with van der Waals surface area (Å²) >= 11 is 1.24. The first kappa shape index (κ1) is 29.5. The Bertz CT molecular complexity index is 2080. The van der Waals surface area contributed by atoms with Gasteiger partial charge in [-0.1, -0.05) is 102 Å². The van der Waals surface area contributed by atoms with Gasteiger partial charge in [-0.05, 0) is 42.3 Å². The molecule has 9 heteroatoms. The number of rotatable bonds is 9. The number of carboxylic acids is 1. The maximum absolute atomic E-state index is 14.2. The number of carboxylic acid groups (broad SMARTS) is 1. The Balaban J connectivity index is 1.47. The molecule has 1 aliphatic heterocycles. The van der Waals surface area contributed by atoms with Gasteiger partial charge in [-0.3, -0.25) is 9.36 Å². The molecular weight excluding hydrogens is 588 g/mol. The summed E-state index contributed by atoms with van der Waals surface area (Å²) < 4.78 is 13.6. The van der Waals surface area contributed by atoms with E-state index in [1.807, 2.05) is 84.9 Å². The Morgan fingerprint density at radius 2 is 1.58 bits per heavy atom. The Kier molecular flexibility index (Phi) is 8.52. The van der Waals surface area contributed by atoms with Gasteiger partial charge < -0.3 is 14.6 Å². The van der Waals surface area contributed by atoms with Crippen LogP contribution < -0.4 is 19.6 Å². The molecule has 5 aromatic rings. The van der Waals surface area contributed by atoms with Gasteiger partial charge in [0.15, 0.2) is 4.80 Å². The number of para-hydroxylation sites is 1. The van der Waals surface area contributed by atoms with Crippen molar-refractivity contribution in [3.63, 3.8) is 0 Å². The molecule has 0 radical (unpaired) electrons. The molecule has 0 fully saturated rings. The molecule has 0 aliphatic carbocycles. The van der Waals surface area contributed by atoms with Gasteiger partial charge in [-0.25, -0.2) is 14.6 Å². The van der Waals surface area contributed by atoms with E-state index in [1.165, 1.54) is 23.5 Å². The summed E-state index contributed by atoms with van der Waals surface area (Å²) in [4.78, 5) is 44.3. The van der Waals surface area contributed by atoms with E-state index >= 15 is 0 Å². The van der Waals surface area contributed by atoms with Crippen molar-refractivity contribution in [2.75, 3.05) is 6.61 Å². The molecule has 2 heterocycles. The molecule has 4 aromatic carbocycles. The van der Waals surface area contributed by atoms with Gasteiger partial charge in [0.05, 0.1) is 34.0 Å². The lowest BCUT2D eigenvalue weighted by Gasteiger charge is -2.25. The number of carbonyl (C=O) groups excluding carboxylic acids is 1. The molecule has 0 unspecified atom stereocenters. The predicted molar refractivity (Wildman–Crippen MR) is 172 cm³/mol. The van der Waals surface area contributed by atoms with Crippen LogP contribution in [0.5, 0.6) is 5.75 Å². The molecule has 0 amide bonds. The molecule has 1 aliphatic rings. The number of esters is 1. The lowest BCUT2D eigenvalue weighted by molar-refractivity contribution is -0.138. The maximum Gasteiger partial charge on any atom is 0.338 e.